The highest BCUT2D eigenvalue weighted by Crippen LogP contribution is 2.31. The summed E-state index contributed by atoms with van der Waals surface area (Å²) in [5.41, 5.74) is 0. The quantitative estimate of drug-likeness (QED) is 0.347. The van der Waals surface area contributed by atoms with Crippen LogP contribution < -0.4 is 4.74 Å². The monoisotopic (exact) mass is 316 g/mol. The fourth-order valence-corrected chi connectivity index (χ4v) is 1.54. The first-order valence-corrected chi connectivity index (χ1v) is 6.80. The lowest BCUT2D eigenvalue weighted by Gasteiger charge is -2.04. The van der Waals surface area contributed by atoms with Crippen LogP contribution in [0.15, 0.2) is 30.4 Å². The third-order valence-corrected chi connectivity index (χ3v) is 3.03. The zero-order chi connectivity index (χ0) is 15.0. The van der Waals surface area contributed by atoms with Crippen LogP contribution in [0, 0.1) is 0 Å². The van der Waals surface area contributed by atoms with Crippen molar-refractivity contribution in [2.75, 3.05) is 6.61 Å². The number of carbonyl (C=O) groups is 2. The van der Waals surface area contributed by atoms with Crippen molar-refractivity contribution < 1.29 is 19.1 Å². The van der Waals surface area contributed by atoms with Crippen LogP contribution in [0.2, 0.25) is 10.0 Å². The predicted octanol–water partition coefficient (Wildman–Crippen LogP) is 3.80. The van der Waals surface area contributed by atoms with Crippen LogP contribution >= 0.6 is 23.2 Å². The van der Waals surface area contributed by atoms with Crippen LogP contribution in [0.3, 0.4) is 0 Å². The average Bonchev–Trinajstić information content (AvgIpc) is 2.42. The summed E-state index contributed by atoms with van der Waals surface area (Å²) in [6, 6.07) is 4.67. The molecule has 0 heterocycles. The molecular formula is C14H14Cl2O4. The van der Waals surface area contributed by atoms with E-state index in [0.29, 0.717) is 6.61 Å². The van der Waals surface area contributed by atoms with E-state index in [1.165, 1.54) is 6.07 Å². The van der Waals surface area contributed by atoms with Crippen LogP contribution in [0.1, 0.15) is 19.8 Å². The Balaban J connectivity index is 2.51. The van der Waals surface area contributed by atoms with Crippen LogP contribution in [0.4, 0.5) is 0 Å². The second-order valence-corrected chi connectivity index (χ2v) is 4.61. The van der Waals surface area contributed by atoms with Crippen molar-refractivity contribution in [2.24, 2.45) is 0 Å². The molecule has 0 radical (unpaired) electrons. The van der Waals surface area contributed by atoms with Crippen LogP contribution in [0.5, 0.6) is 5.75 Å². The predicted molar refractivity (Wildman–Crippen MR) is 77.1 cm³/mol. The summed E-state index contributed by atoms with van der Waals surface area (Å²) >= 11 is 11.6. The van der Waals surface area contributed by atoms with Crippen LogP contribution in [0.25, 0.3) is 0 Å². The highest BCUT2D eigenvalue weighted by molar-refractivity contribution is 6.43. The molecule has 0 aromatic heterocycles. The highest BCUT2D eigenvalue weighted by atomic mass is 35.5. The van der Waals surface area contributed by atoms with E-state index in [9.17, 15) is 9.59 Å². The molecule has 6 heteroatoms. The molecule has 1 aromatic rings. The Kier molecular flexibility index (Phi) is 7.12. The second kappa shape index (κ2) is 8.61. The lowest BCUT2D eigenvalue weighted by Crippen LogP contribution is -2.07. The molecule has 0 N–H and O–H groups in total. The largest absolute Gasteiger partial charge is 0.463 e. The van der Waals surface area contributed by atoms with Crippen molar-refractivity contribution in [2.45, 2.75) is 19.8 Å². The molecule has 0 aliphatic rings. The van der Waals surface area contributed by atoms with Crippen molar-refractivity contribution in [3.05, 3.63) is 40.4 Å². The molecule has 0 aliphatic carbocycles. The molecule has 0 aliphatic heterocycles. The standard InChI is InChI=1S/C14H14Cl2O4/c1-2-3-9-19-12(17)7-8-13(18)20-11-6-4-5-10(15)14(11)16/h4-8H,2-3,9H2,1H3/b8-7+. The molecule has 0 spiro atoms. The molecule has 1 aromatic carbocycles. The maximum absolute atomic E-state index is 11.5. The van der Waals surface area contributed by atoms with E-state index in [1.807, 2.05) is 6.92 Å². The van der Waals surface area contributed by atoms with Gasteiger partial charge in [0.25, 0.3) is 0 Å². The Morgan fingerprint density at radius 2 is 1.90 bits per heavy atom. The summed E-state index contributed by atoms with van der Waals surface area (Å²) in [5, 5.41) is 0.418. The maximum Gasteiger partial charge on any atom is 0.336 e. The molecular weight excluding hydrogens is 303 g/mol. The van der Waals surface area contributed by atoms with E-state index in [0.717, 1.165) is 25.0 Å². The first kappa shape index (κ1) is 16.5. The molecule has 0 fully saturated rings. The van der Waals surface area contributed by atoms with E-state index >= 15 is 0 Å². The van der Waals surface area contributed by atoms with Gasteiger partial charge in [-0.05, 0) is 18.6 Å². The normalized spacial score (nSPS) is 10.6. The number of unbranched alkanes of at least 4 members (excludes halogenated alkanes) is 1. The molecule has 0 amide bonds. The number of ether oxygens (including phenoxy) is 2. The van der Waals surface area contributed by atoms with Gasteiger partial charge in [0.1, 0.15) is 5.02 Å². The lowest BCUT2D eigenvalue weighted by molar-refractivity contribution is -0.138. The van der Waals surface area contributed by atoms with E-state index < -0.39 is 11.9 Å². The molecule has 0 saturated heterocycles. The highest BCUT2D eigenvalue weighted by Gasteiger charge is 2.09. The summed E-state index contributed by atoms with van der Waals surface area (Å²) in [5.74, 6) is -1.19. The number of halogens is 2. The first-order valence-electron chi connectivity index (χ1n) is 6.05. The lowest BCUT2D eigenvalue weighted by atomic mass is 10.3. The molecule has 1 rings (SSSR count). The number of hydrogen-bond acceptors (Lipinski definition) is 4. The SMILES string of the molecule is CCCCOC(=O)/C=C/C(=O)Oc1cccc(Cl)c1Cl. The Morgan fingerprint density at radius 3 is 2.60 bits per heavy atom. The van der Waals surface area contributed by atoms with Crippen molar-refractivity contribution in [1.82, 2.24) is 0 Å². The van der Waals surface area contributed by atoms with Gasteiger partial charge < -0.3 is 9.47 Å². The van der Waals surface area contributed by atoms with Crippen molar-refractivity contribution in [3.63, 3.8) is 0 Å². The topological polar surface area (TPSA) is 52.6 Å². The number of rotatable bonds is 6. The fourth-order valence-electron chi connectivity index (χ4n) is 1.21. The van der Waals surface area contributed by atoms with Gasteiger partial charge in [0.05, 0.1) is 11.6 Å². The average molecular weight is 317 g/mol. The Morgan fingerprint density at radius 1 is 1.20 bits per heavy atom. The zero-order valence-corrected chi connectivity index (χ0v) is 12.4. The number of hydrogen-bond donors (Lipinski definition) is 0. The summed E-state index contributed by atoms with van der Waals surface area (Å²) in [6.45, 7) is 2.31. The van der Waals surface area contributed by atoms with Crippen molar-refractivity contribution in [1.29, 1.82) is 0 Å². The Hall–Kier alpha value is -1.52. The summed E-state index contributed by atoms with van der Waals surface area (Å²) in [6.07, 6.45) is 3.69. The molecule has 4 nitrogen and oxygen atoms in total. The molecule has 20 heavy (non-hydrogen) atoms. The van der Waals surface area contributed by atoms with Crippen molar-refractivity contribution in [3.8, 4) is 5.75 Å². The van der Waals surface area contributed by atoms with E-state index in [4.69, 9.17) is 32.7 Å². The van der Waals surface area contributed by atoms with E-state index in [2.05, 4.69) is 0 Å². The summed E-state index contributed by atoms with van der Waals surface area (Å²) < 4.78 is 9.80. The first-order chi connectivity index (χ1) is 9.54. The van der Waals surface area contributed by atoms with Gasteiger partial charge in [-0.15, -0.1) is 0 Å². The minimum atomic E-state index is -0.735. The third kappa shape index (κ3) is 5.63. The van der Waals surface area contributed by atoms with Crippen molar-refractivity contribution >= 4 is 35.1 Å². The Bertz CT molecular complexity index is 512. The third-order valence-electron chi connectivity index (χ3n) is 2.22. The van der Waals surface area contributed by atoms with Gasteiger partial charge in [-0.3, -0.25) is 0 Å². The number of benzene rings is 1. The minimum Gasteiger partial charge on any atom is -0.463 e. The van der Waals surface area contributed by atoms with Gasteiger partial charge in [-0.2, -0.15) is 0 Å². The summed E-state index contributed by atoms with van der Waals surface area (Å²) in [4.78, 5) is 22.7. The maximum atomic E-state index is 11.5. The van der Waals surface area contributed by atoms with E-state index in [1.54, 1.807) is 12.1 Å². The summed E-state index contributed by atoms with van der Waals surface area (Å²) in [7, 11) is 0. The second-order valence-electron chi connectivity index (χ2n) is 3.83. The van der Waals surface area contributed by atoms with E-state index in [-0.39, 0.29) is 15.8 Å². The van der Waals surface area contributed by atoms with Gasteiger partial charge in [-0.25, -0.2) is 9.59 Å². The van der Waals surface area contributed by atoms with Crippen LogP contribution in [-0.2, 0) is 14.3 Å². The molecule has 0 unspecified atom stereocenters. The fraction of sp³-hybridized carbons (Fsp3) is 0.286. The smallest absolute Gasteiger partial charge is 0.336 e. The molecule has 0 bridgehead atoms. The number of esters is 2. The van der Waals surface area contributed by atoms with Gasteiger partial charge in [0, 0.05) is 12.2 Å². The molecule has 0 atom stereocenters. The van der Waals surface area contributed by atoms with Gasteiger partial charge in [-0.1, -0.05) is 42.6 Å². The van der Waals surface area contributed by atoms with Gasteiger partial charge in [0.2, 0.25) is 0 Å². The Labute approximate surface area is 127 Å². The number of carbonyl (C=O) groups excluding carboxylic acids is 2. The molecule has 108 valence electrons. The van der Waals surface area contributed by atoms with Gasteiger partial charge in [0.15, 0.2) is 5.75 Å². The minimum absolute atomic E-state index is 0.133. The van der Waals surface area contributed by atoms with Crippen LogP contribution in [-0.4, -0.2) is 18.5 Å². The van der Waals surface area contributed by atoms with Gasteiger partial charge >= 0.3 is 11.9 Å². The zero-order valence-electron chi connectivity index (χ0n) is 10.9. The molecule has 0 saturated carbocycles.